The first-order valence-electron chi connectivity index (χ1n) is 10.6. The molecule has 8 heteroatoms. The van der Waals surface area contributed by atoms with E-state index in [9.17, 15) is 18.0 Å². The predicted octanol–water partition coefficient (Wildman–Crippen LogP) is 4.36. The molecule has 2 aliphatic heterocycles. The number of hydrogen-bond acceptors (Lipinski definition) is 6. The van der Waals surface area contributed by atoms with Gasteiger partial charge in [0.1, 0.15) is 5.75 Å². The summed E-state index contributed by atoms with van der Waals surface area (Å²) in [5.74, 6) is 0.568. The third-order valence-corrected chi connectivity index (χ3v) is 7.34. The van der Waals surface area contributed by atoms with Crippen molar-refractivity contribution in [1.82, 2.24) is 0 Å². The number of ether oxygens (including phenoxy) is 1. The minimum Gasteiger partial charge on any atom is -0.493 e. The highest BCUT2D eigenvalue weighted by molar-refractivity contribution is 7.92. The zero-order chi connectivity index (χ0) is 23.2. The van der Waals surface area contributed by atoms with Gasteiger partial charge in [-0.3, -0.25) is 14.3 Å². The summed E-state index contributed by atoms with van der Waals surface area (Å²) < 4.78 is 34.0. The van der Waals surface area contributed by atoms with Crippen LogP contribution in [-0.2, 0) is 16.4 Å². The molecule has 0 aromatic heterocycles. The minimum atomic E-state index is -3.88. The number of hydrogen-bond donors (Lipinski definition) is 2. The van der Waals surface area contributed by atoms with Gasteiger partial charge in [-0.25, -0.2) is 8.42 Å². The van der Waals surface area contributed by atoms with Crippen molar-refractivity contribution >= 4 is 33.0 Å². The molecule has 3 aromatic carbocycles. The molecule has 3 aromatic rings. The fourth-order valence-electron chi connectivity index (χ4n) is 4.22. The zero-order valence-corrected chi connectivity index (χ0v) is 18.7. The Morgan fingerprint density at radius 2 is 1.94 bits per heavy atom. The van der Waals surface area contributed by atoms with Crippen molar-refractivity contribution in [3.05, 3.63) is 82.9 Å². The minimum absolute atomic E-state index is 0.0187. The monoisotopic (exact) mass is 462 g/mol. The largest absolute Gasteiger partial charge is 0.493 e. The molecule has 0 amide bonds. The van der Waals surface area contributed by atoms with E-state index in [1.165, 1.54) is 19.1 Å². The van der Waals surface area contributed by atoms with Crippen LogP contribution in [0.2, 0.25) is 0 Å². The lowest BCUT2D eigenvalue weighted by molar-refractivity contribution is 0.0971. The van der Waals surface area contributed by atoms with Crippen LogP contribution in [0.4, 0.5) is 11.4 Å². The standard InChI is InChI=1S/C25H22N2O5S/c1-15(28)16-3-2-4-17(11-16)23-14-24(29)21-13-20(6-7-22(21)26-23)33(30,31)27-19-5-8-25-18(12-19)9-10-32-25/h2-8,11-13,23,26-27H,9-10,14H2,1H3. The van der Waals surface area contributed by atoms with E-state index in [1.54, 1.807) is 42.5 Å². The lowest BCUT2D eigenvalue weighted by Crippen LogP contribution is -2.24. The van der Waals surface area contributed by atoms with Crippen LogP contribution in [0, 0.1) is 0 Å². The molecule has 7 nitrogen and oxygen atoms in total. The molecule has 1 atom stereocenters. The van der Waals surface area contributed by atoms with Gasteiger partial charge in [-0.1, -0.05) is 18.2 Å². The smallest absolute Gasteiger partial charge is 0.261 e. The van der Waals surface area contributed by atoms with Gasteiger partial charge < -0.3 is 10.1 Å². The van der Waals surface area contributed by atoms with Gasteiger partial charge in [0, 0.05) is 35.3 Å². The molecule has 168 valence electrons. The molecule has 2 aliphatic rings. The summed E-state index contributed by atoms with van der Waals surface area (Å²) in [6, 6.07) is 16.6. The molecule has 2 heterocycles. The molecule has 0 saturated carbocycles. The van der Waals surface area contributed by atoms with Crippen molar-refractivity contribution in [2.75, 3.05) is 16.6 Å². The van der Waals surface area contributed by atoms with Crippen molar-refractivity contribution in [2.24, 2.45) is 0 Å². The molecule has 0 bridgehead atoms. The number of carbonyl (C=O) groups is 2. The number of ketones is 2. The average molecular weight is 463 g/mol. The van der Waals surface area contributed by atoms with E-state index in [4.69, 9.17) is 4.74 Å². The van der Waals surface area contributed by atoms with Gasteiger partial charge in [0.2, 0.25) is 0 Å². The van der Waals surface area contributed by atoms with E-state index in [1.807, 2.05) is 6.07 Å². The van der Waals surface area contributed by atoms with Crippen molar-refractivity contribution in [1.29, 1.82) is 0 Å². The Kier molecular flexibility index (Phi) is 5.17. The second-order valence-electron chi connectivity index (χ2n) is 8.24. The molecule has 0 spiro atoms. The maximum Gasteiger partial charge on any atom is 0.261 e. The van der Waals surface area contributed by atoms with Crippen molar-refractivity contribution in [3.8, 4) is 5.75 Å². The van der Waals surface area contributed by atoms with Crippen molar-refractivity contribution in [3.63, 3.8) is 0 Å². The average Bonchev–Trinajstić information content (AvgIpc) is 3.26. The van der Waals surface area contributed by atoms with Crippen LogP contribution < -0.4 is 14.8 Å². The van der Waals surface area contributed by atoms with E-state index in [0.717, 1.165) is 23.3 Å². The Balaban J connectivity index is 1.40. The highest BCUT2D eigenvalue weighted by Gasteiger charge is 2.28. The summed E-state index contributed by atoms with van der Waals surface area (Å²) in [5.41, 5.74) is 3.72. The van der Waals surface area contributed by atoms with Crippen LogP contribution in [0.1, 0.15) is 51.2 Å². The highest BCUT2D eigenvalue weighted by atomic mass is 32.2. The highest BCUT2D eigenvalue weighted by Crippen LogP contribution is 2.35. The Hall–Kier alpha value is -3.65. The van der Waals surface area contributed by atoms with E-state index in [-0.39, 0.29) is 28.9 Å². The van der Waals surface area contributed by atoms with Crippen LogP contribution in [0.5, 0.6) is 5.75 Å². The first-order chi connectivity index (χ1) is 15.8. The summed E-state index contributed by atoms with van der Waals surface area (Å²) >= 11 is 0. The molecule has 0 radical (unpaired) electrons. The number of sulfonamides is 1. The van der Waals surface area contributed by atoms with Gasteiger partial charge in [0.05, 0.1) is 17.5 Å². The number of rotatable bonds is 5. The number of carbonyl (C=O) groups excluding carboxylic acids is 2. The van der Waals surface area contributed by atoms with E-state index in [0.29, 0.717) is 29.1 Å². The summed E-state index contributed by atoms with van der Waals surface area (Å²) in [6.45, 7) is 2.09. The quantitative estimate of drug-likeness (QED) is 0.546. The number of benzene rings is 3. The Labute approximate surface area is 191 Å². The fraction of sp³-hybridized carbons (Fsp3) is 0.200. The van der Waals surface area contributed by atoms with Gasteiger partial charge >= 0.3 is 0 Å². The first-order valence-corrected chi connectivity index (χ1v) is 12.1. The molecule has 1 unspecified atom stereocenters. The van der Waals surface area contributed by atoms with Gasteiger partial charge in [-0.05, 0) is 60.5 Å². The van der Waals surface area contributed by atoms with Crippen LogP contribution >= 0.6 is 0 Å². The Morgan fingerprint density at radius 1 is 1.09 bits per heavy atom. The maximum atomic E-state index is 13.0. The lowest BCUT2D eigenvalue weighted by atomic mass is 9.91. The number of nitrogens with one attached hydrogen (secondary N) is 2. The maximum absolute atomic E-state index is 13.0. The third-order valence-electron chi connectivity index (χ3n) is 5.96. The van der Waals surface area contributed by atoms with Gasteiger partial charge in [0.25, 0.3) is 10.0 Å². The second-order valence-corrected chi connectivity index (χ2v) is 9.92. The normalized spacial score (nSPS) is 16.9. The molecule has 0 fully saturated rings. The van der Waals surface area contributed by atoms with Crippen LogP contribution in [0.3, 0.4) is 0 Å². The van der Waals surface area contributed by atoms with Gasteiger partial charge in [0.15, 0.2) is 11.6 Å². The first kappa shape index (κ1) is 21.2. The molecule has 0 saturated heterocycles. The Morgan fingerprint density at radius 3 is 2.76 bits per heavy atom. The number of fused-ring (bicyclic) bond motifs is 2. The van der Waals surface area contributed by atoms with E-state index in [2.05, 4.69) is 10.0 Å². The van der Waals surface area contributed by atoms with Crippen LogP contribution in [0.15, 0.2) is 65.6 Å². The van der Waals surface area contributed by atoms with Crippen LogP contribution in [0.25, 0.3) is 0 Å². The topological polar surface area (TPSA) is 102 Å². The SMILES string of the molecule is CC(=O)c1cccc(C2CC(=O)c3cc(S(=O)(=O)Nc4ccc5c(c4)CCO5)ccc3N2)c1. The molecule has 33 heavy (non-hydrogen) atoms. The summed E-state index contributed by atoms with van der Waals surface area (Å²) in [4.78, 5) is 24.6. The molecular weight excluding hydrogens is 440 g/mol. The second kappa shape index (κ2) is 8.04. The van der Waals surface area contributed by atoms with Gasteiger partial charge in [-0.15, -0.1) is 0 Å². The van der Waals surface area contributed by atoms with E-state index < -0.39 is 10.0 Å². The summed E-state index contributed by atoms with van der Waals surface area (Å²) in [6.07, 6.45) is 0.899. The van der Waals surface area contributed by atoms with Crippen molar-refractivity contribution in [2.45, 2.75) is 30.7 Å². The molecule has 2 N–H and O–H groups in total. The predicted molar refractivity (Wildman–Crippen MR) is 125 cm³/mol. The third kappa shape index (κ3) is 4.09. The molecular formula is C25H22N2O5S. The summed E-state index contributed by atoms with van der Waals surface area (Å²) in [7, 11) is -3.88. The number of Topliss-reactive ketones (excluding diaryl/α,β-unsaturated/α-hetero) is 2. The van der Waals surface area contributed by atoms with Crippen molar-refractivity contribution < 1.29 is 22.7 Å². The fourth-order valence-corrected chi connectivity index (χ4v) is 5.30. The molecule has 0 aliphatic carbocycles. The molecule has 5 rings (SSSR count). The number of anilines is 2. The zero-order valence-electron chi connectivity index (χ0n) is 17.9. The lowest BCUT2D eigenvalue weighted by Gasteiger charge is -2.27. The van der Waals surface area contributed by atoms with E-state index >= 15 is 0 Å². The van der Waals surface area contributed by atoms with Crippen LogP contribution in [-0.4, -0.2) is 26.6 Å². The summed E-state index contributed by atoms with van der Waals surface area (Å²) in [5, 5.41) is 3.31. The van der Waals surface area contributed by atoms with Gasteiger partial charge in [-0.2, -0.15) is 0 Å². The Bertz CT molecular complexity index is 1400.